The van der Waals surface area contributed by atoms with Crippen LogP contribution in [0.4, 0.5) is 8.78 Å². The number of hydrogen-bond acceptors (Lipinski definition) is 5. The molecule has 0 spiro atoms. The third kappa shape index (κ3) is 3.57. The lowest BCUT2D eigenvalue weighted by Gasteiger charge is -2.05. The molecular formula is C17H15F2N3O3. The fourth-order valence-corrected chi connectivity index (χ4v) is 2.36. The minimum Gasteiger partial charge on any atom is -0.460 e. The maximum absolute atomic E-state index is 13.4. The third-order valence-electron chi connectivity index (χ3n) is 3.50. The molecule has 0 saturated carbocycles. The van der Waals surface area contributed by atoms with Crippen LogP contribution in [0.1, 0.15) is 29.0 Å². The van der Waals surface area contributed by atoms with Gasteiger partial charge in [-0.15, -0.1) is 0 Å². The zero-order valence-corrected chi connectivity index (χ0v) is 13.6. The number of nitrogens with zero attached hydrogens (tertiary/aromatic N) is 3. The van der Waals surface area contributed by atoms with E-state index in [1.165, 1.54) is 6.20 Å². The van der Waals surface area contributed by atoms with Gasteiger partial charge in [0.1, 0.15) is 23.1 Å². The normalized spacial score (nSPS) is 10.9. The van der Waals surface area contributed by atoms with Gasteiger partial charge in [-0.25, -0.2) is 23.5 Å². The summed E-state index contributed by atoms with van der Waals surface area (Å²) in [6.07, 6.45) is 3.09. The van der Waals surface area contributed by atoms with Crippen LogP contribution in [0, 0.1) is 18.6 Å². The number of benzene rings is 1. The van der Waals surface area contributed by atoms with Gasteiger partial charge >= 0.3 is 5.97 Å². The molecule has 0 unspecified atom stereocenters. The average Bonchev–Trinajstić information content (AvgIpc) is 3.14. The minimum absolute atomic E-state index is 0.101. The molecule has 0 aliphatic rings. The highest BCUT2D eigenvalue weighted by Crippen LogP contribution is 2.24. The number of ether oxygens (including phenoxy) is 1. The summed E-state index contributed by atoms with van der Waals surface area (Å²) < 4.78 is 38.8. The average molecular weight is 347 g/mol. The lowest BCUT2D eigenvalue weighted by atomic mass is 10.2. The molecule has 2 heterocycles. The molecule has 130 valence electrons. The number of aromatic nitrogens is 3. The number of carbonyl (C=O) groups excluding carboxylic acids is 1. The lowest BCUT2D eigenvalue weighted by molar-refractivity contribution is 0.0507. The van der Waals surface area contributed by atoms with Crippen molar-refractivity contribution >= 4 is 5.97 Å². The fourth-order valence-electron chi connectivity index (χ4n) is 2.36. The predicted octanol–water partition coefficient (Wildman–Crippen LogP) is 3.35. The van der Waals surface area contributed by atoms with Crippen LogP contribution in [0.3, 0.4) is 0 Å². The summed E-state index contributed by atoms with van der Waals surface area (Å²) >= 11 is 0. The van der Waals surface area contributed by atoms with Gasteiger partial charge in [0.2, 0.25) is 11.7 Å². The summed E-state index contributed by atoms with van der Waals surface area (Å²) in [5, 5.41) is 0. The molecule has 0 atom stereocenters. The highest BCUT2D eigenvalue weighted by atomic mass is 19.1. The van der Waals surface area contributed by atoms with Gasteiger partial charge in [0.25, 0.3) is 0 Å². The summed E-state index contributed by atoms with van der Waals surface area (Å²) in [5.74, 6) is -1.26. The third-order valence-corrected chi connectivity index (χ3v) is 3.50. The van der Waals surface area contributed by atoms with E-state index in [2.05, 4.69) is 9.97 Å². The van der Waals surface area contributed by atoms with E-state index in [0.29, 0.717) is 11.5 Å². The van der Waals surface area contributed by atoms with E-state index in [4.69, 9.17) is 9.15 Å². The number of halogens is 2. The maximum atomic E-state index is 13.4. The number of esters is 1. The molecule has 3 aromatic rings. The number of oxazole rings is 1. The van der Waals surface area contributed by atoms with Gasteiger partial charge in [0.05, 0.1) is 13.2 Å². The molecule has 0 fully saturated rings. The molecule has 0 amide bonds. The number of aryl methyl sites for hydroxylation is 1. The Hall–Kier alpha value is -3.03. The number of rotatable bonds is 5. The molecule has 6 nitrogen and oxygen atoms in total. The Kier molecular flexibility index (Phi) is 4.60. The van der Waals surface area contributed by atoms with Crippen LogP contribution < -0.4 is 0 Å². The first kappa shape index (κ1) is 16.8. The van der Waals surface area contributed by atoms with Crippen LogP contribution in [0.15, 0.2) is 35.0 Å². The monoisotopic (exact) mass is 347 g/mol. The Labute approximate surface area is 142 Å². The summed E-state index contributed by atoms with van der Waals surface area (Å²) in [7, 11) is 0. The van der Waals surface area contributed by atoms with Crippen molar-refractivity contribution in [1.29, 1.82) is 0 Å². The van der Waals surface area contributed by atoms with Crippen LogP contribution in [-0.2, 0) is 11.3 Å². The van der Waals surface area contributed by atoms with Crippen molar-refractivity contribution in [3.63, 3.8) is 0 Å². The van der Waals surface area contributed by atoms with Crippen LogP contribution in [0.5, 0.6) is 0 Å². The lowest BCUT2D eigenvalue weighted by Crippen LogP contribution is -2.14. The first-order valence-electron chi connectivity index (χ1n) is 7.59. The maximum Gasteiger partial charge on any atom is 0.374 e. The van der Waals surface area contributed by atoms with Gasteiger partial charge < -0.3 is 13.7 Å². The van der Waals surface area contributed by atoms with Gasteiger partial charge in [-0.05, 0) is 26.0 Å². The van der Waals surface area contributed by atoms with Crippen molar-refractivity contribution in [3.8, 4) is 11.5 Å². The van der Waals surface area contributed by atoms with Crippen molar-refractivity contribution in [2.75, 3.05) is 6.61 Å². The van der Waals surface area contributed by atoms with Crippen molar-refractivity contribution < 1.29 is 22.7 Å². The van der Waals surface area contributed by atoms with E-state index in [1.807, 2.05) is 0 Å². The molecule has 0 aliphatic heterocycles. The minimum atomic E-state index is -0.716. The van der Waals surface area contributed by atoms with E-state index in [1.54, 1.807) is 24.6 Å². The first-order chi connectivity index (χ1) is 12.0. The van der Waals surface area contributed by atoms with Gasteiger partial charge in [0.15, 0.2) is 0 Å². The number of hydrogen-bond donors (Lipinski definition) is 0. The molecule has 0 N–H and O–H groups in total. The molecule has 0 saturated heterocycles. The van der Waals surface area contributed by atoms with Crippen LogP contribution in [0.25, 0.3) is 11.5 Å². The molecule has 1 aromatic carbocycles. The smallest absolute Gasteiger partial charge is 0.374 e. The van der Waals surface area contributed by atoms with E-state index in [0.717, 1.165) is 18.2 Å². The Morgan fingerprint density at radius 1 is 1.28 bits per heavy atom. The van der Waals surface area contributed by atoms with Gasteiger partial charge in [-0.2, -0.15) is 0 Å². The first-order valence-corrected chi connectivity index (χ1v) is 7.59. The van der Waals surface area contributed by atoms with Gasteiger partial charge in [-0.3, -0.25) is 0 Å². The van der Waals surface area contributed by atoms with Crippen molar-refractivity contribution in [2.24, 2.45) is 0 Å². The molecule has 0 aliphatic carbocycles. The topological polar surface area (TPSA) is 70.2 Å². The zero-order valence-electron chi connectivity index (χ0n) is 13.6. The van der Waals surface area contributed by atoms with E-state index in [-0.39, 0.29) is 30.4 Å². The van der Waals surface area contributed by atoms with Crippen molar-refractivity contribution in [3.05, 3.63) is 59.5 Å². The summed E-state index contributed by atoms with van der Waals surface area (Å²) in [5.41, 5.74) is 0.714. The summed E-state index contributed by atoms with van der Waals surface area (Å²) in [6, 6.07) is 3.05. The quantitative estimate of drug-likeness (QED) is 0.662. The second kappa shape index (κ2) is 6.84. The second-order valence-corrected chi connectivity index (χ2v) is 5.28. The standard InChI is InChI=1S/C17H15F2N3O3/c1-3-24-17(23)15-20-4-5-22(15)9-14-10(2)25-16(21-14)11-6-12(18)8-13(19)7-11/h4-8H,3,9H2,1-2H3. The largest absolute Gasteiger partial charge is 0.460 e. The molecule has 8 heteroatoms. The molecule has 2 aromatic heterocycles. The molecule has 25 heavy (non-hydrogen) atoms. The van der Waals surface area contributed by atoms with Crippen molar-refractivity contribution in [2.45, 2.75) is 20.4 Å². The SMILES string of the molecule is CCOC(=O)c1nccn1Cc1nc(-c2cc(F)cc(F)c2)oc1C. The Morgan fingerprint density at radius 2 is 2.00 bits per heavy atom. The Bertz CT molecular complexity index is 898. The number of imidazole rings is 1. The molecule has 0 radical (unpaired) electrons. The molecule has 3 rings (SSSR count). The summed E-state index contributed by atoms with van der Waals surface area (Å²) in [4.78, 5) is 20.1. The van der Waals surface area contributed by atoms with Gasteiger partial charge in [0, 0.05) is 24.0 Å². The molecular weight excluding hydrogens is 332 g/mol. The second-order valence-electron chi connectivity index (χ2n) is 5.28. The molecule has 0 bridgehead atoms. The zero-order chi connectivity index (χ0) is 18.0. The highest BCUT2D eigenvalue weighted by molar-refractivity contribution is 5.85. The Morgan fingerprint density at radius 3 is 2.68 bits per heavy atom. The van der Waals surface area contributed by atoms with E-state index >= 15 is 0 Å². The highest BCUT2D eigenvalue weighted by Gasteiger charge is 2.18. The van der Waals surface area contributed by atoms with Crippen LogP contribution in [-0.4, -0.2) is 27.1 Å². The van der Waals surface area contributed by atoms with E-state index < -0.39 is 17.6 Å². The van der Waals surface area contributed by atoms with Crippen molar-refractivity contribution in [1.82, 2.24) is 14.5 Å². The van der Waals surface area contributed by atoms with Gasteiger partial charge in [-0.1, -0.05) is 0 Å². The van der Waals surface area contributed by atoms with E-state index in [9.17, 15) is 13.6 Å². The van der Waals surface area contributed by atoms with Crippen LogP contribution >= 0.6 is 0 Å². The fraction of sp³-hybridized carbons (Fsp3) is 0.235. The summed E-state index contributed by atoms with van der Waals surface area (Å²) in [6.45, 7) is 3.84. The number of carbonyl (C=O) groups is 1. The van der Waals surface area contributed by atoms with Crippen LogP contribution in [0.2, 0.25) is 0 Å². The predicted molar refractivity (Wildman–Crippen MR) is 83.9 cm³/mol. The Balaban J connectivity index is 1.89.